The third kappa shape index (κ3) is 1.72. The van der Waals surface area contributed by atoms with Gasteiger partial charge < -0.3 is 4.90 Å². The maximum Gasteiger partial charge on any atom is 0.134 e. The molecule has 0 unspecified atom stereocenters. The summed E-state index contributed by atoms with van der Waals surface area (Å²) in [5.74, 6) is 0.943. The Morgan fingerprint density at radius 1 is 1.54 bits per heavy atom. The molecule has 3 nitrogen and oxygen atoms in total. The Kier molecular flexibility index (Phi) is 2.31. The normalized spacial score (nSPS) is 17.2. The summed E-state index contributed by atoms with van der Waals surface area (Å²) in [6.07, 6.45) is 1.42. The molecule has 1 aromatic heterocycles. The lowest BCUT2D eigenvalue weighted by molar-refractivity contribution is 0.305. The minimum absolute atomic E-state index is 0.161. The van der Waals surface area contributed by atoms with Crippen molar-refractivity contribution in [1.82, 2.24) is 9.97 Å². The van der Waals surface area contributed by atoms with Crippen LogP contribution in [0.25, 0.3) is 0 Å². The van der Waals surface area contributed by atoms with E-state index in [4.69, 9.17) is 11.6 Å². The van der Waals surface area contributed by atoms with Crippen LogP contribution in [-0.2, 0) is 0 Å². The van der Waals surface area contributed by atoms with Crippen LogP contribution in [0.4, 0.5) is 10.2 Å². The van der Waals surface area contributed by atoms with Gasteiger partial charge in [-0.1, -0.05) is 11.6 Å². The number of aromatic nitrogens is 2. The Morgan fingerprint density at radius 2 is 2.31 bits per heavy atom. The summed E-state index contributed by atoms with van der Waals surface area (Å²) in [6.45, 7) is 1.20. The molecule has 1 saturated heterocycles. The second kappa shape index (κ2) is 3.46. The van der Waals surface area contributed by atoms with Crippen LogP contribution in [0, 0.1) is 5.92 Å². The standard InChI is InChI=1S/C8H9ClFN3/c9-7-1-8(12-5-11-7)13-3-6(2-10)4-13/h1,5-6H,2-4H2. The first-order valence-electron chi connectivity index (χ1n) is 4.08. The number of halogens is 2. The molecule has 0 N–H and O–H groups in total. The maximum atomic E-state index is 12.1. The van der Waals surface area contributed by atoms with Gasteiger partial charge in [0, 0.05) is 25.1 Å². The lowest BCUT2D eigenvalue weighted by Crippen LogP contribution is -2.48. The van der Waals surface area contributed by atoms with E-state index in [0.717, 1.165) is 18.9 Å². The van der Waals surface area contributed by atoms with Gasteiger partial charge in [-0.05, 0) is 0 Å². The molecule has 1 aliphatic heterocycles. The lowest BCUT2D eigenvalue weighted by atomic mass is 10.0. The number of hydrogen-bond acceptors (Lipinski definition) is 3. The molecule has 0 aliphatic carbocycles. The minimum atomic E-state index is -0.255. The van der Waals surface area contributed by atoms with Crippen LogP contribution in [0.5, 0.6) is 0 Å². The van der Waals surface area contributed by atoms with E-state index in [-0.39, 0.29) is 12.6 Å². The van der Waals surface area contributed by atoms with Gasteiger partial charge >= 0.3 is 0 Å². The second-order valence-electron chi connectivity index (χ2n) is 3.12. The van der Waals surface area contributed by atoms with Crippen LogP contribution in [0.2, 0.25) is 5.15 Å². The number of alkyl halides is 1. The molecular weight excluding hydrogens is 193 g/mol. The summed E-state index contributed by atoms with van der Waals surface area (Å²) in [4.78, 5) is 9.80. The summed E-state index contributed by atoms with van der Waals surface area (Å²) in [5, 5.41) is 0.425. The van der Waals surface area contributed by atoms with Gasteiger partial charge in [-0.25, -0.2) is 9.97 Å². The highest BCUT2D eigenvalue weighted by Gasteiger charge is 2.27. The van der Waals surface area contributed by atoms with E-state index in [9.17, 15) is 4.39 Å². The summed E-state index contributed by atoms with van der Waals surface area (Å²) in [6, 6.07) is 1.69. The van der Waals surface area contributed by atoms with E-state index < -0.39 is 0 Å². The van der Waals surface area contributed by atoms with Crippen molar-refractivity contribution >= 4 is 17.4 Å². The molecule has 0 radical (unpaired) electrons. The average molecular weight is 202 g/mol. The zero-order valence-electron chi connectivity index (χ0n) is 6.95. The fourth-order valence-corrected chi connectivity index (χ4v) is 1.49. The minimum Gasteiger partial charge on any atom is -0.356 e. The topological polar surface area (TPSA) is 29.0 Å². The molecule has 2 rings (SSSR count). The molecule has 0 atom stereocenters. The van der Waals surface area contributed by atoms with E-state index in [1.54, 1.807) is 6.07 Å². The number of nitrogens with zero attached hydrogens (tertiary/aromatic N) is 3. The van der Waals surface area contributed by atoms with E-state index in [1.807, 2.05) is 4.90 Å². The smallest absolute Gasteiger partial charge is 0.134 e. The van der Waals surface area contributed by atoms with Gasteiger partial charge in [0.2, 0.25) is 0 Å². The molecule has 0 bridgehead atoms. The zero-order chi connectivity index (χ0) is 9.26. The first-order chi connectivity index (χ1) is 6.29. The highest BCUT2D eigenvalue weighted by atomic mass is 35.5. The average Bonchev–Trinajstić information content (AvgIpc) is 2.02. The lowest BCUT2D eigenvalue weighted by Gasteiger charge is -2.38. The Balaban J connectivity index is 2.03. The number of hydrogen-bond donors (Lipinski definition) is 0. The Labute approximate surface area is 80.6 Å². The molecule has 1 aromatic rings. The first kappa shape index (κ1) is 8.69. The predicted octanol–water partition coefficient (Wildman–Crippen LogP) is 1.54. The quantitative estimate of drug-likeness (QED) is 0.680. The zero-order valence-corrected chi connectivity index (χ0v) is 7.71. The van der Waals surface area contributed by atoms with Crippen LogP contribution in [-0.4, -0.2) is 29.7 Å². The van der Waals surface area contributed by atoms with Gasteiger partial charge in [0.1, 0.15) is 17.3 Å². The molecule has 1 aliphatic rings. The third-order valence-corrected chi connectivity index (χ3v) is 2.33. The molecule has 1 fully saturated rings. The molecule has 0 saturated carbocycles. The molecule has 70 valence electrons. The van der Waals surface area contributed by atoms with Gasteiger partial charge in [-0.15, -0.1) is 0 Å². The summed E-state index contributed by atoms with van der Waals surface area (Å²) >= 11 is 5.69. The number of anilines is 1. The summed E-state index contributed by atoms with van der Waals surface area (Å²) in [5.41, 5.74) is 0. The highest BCUT2D eigenvalue weighted by Crippen LogP contribution is 2.23. The van der Waals surface area contributed by atoms with Gasteiger partial charge in [0.15, 0.2) is 0 Å². The van der Waals surface area contributed by atoms with Gasteiger partial charge in [0.25, 0.3) is 0 Å². The summed E-state index contributed by atoms with van der Waals surface area (Å²) < 4.78 is 12.1. The Bertz CT molecular complexity index is 301. The molecule has 5 heteroatoms. The van der Waals surface area contributed by atoms with Crippen molar-refractivity contribution in [2.75, 3.05) is 24.7 Å². The van der Waals surface area contributed by atoms with Crippen LogP contribution >= 0.6 is 11.6 Å². The van der Waals surface area contributed by atoms with Crippen LogP contribution in [0.3, 0.4) is 0 Å². The molecule has 0 amide bonds. The molecule has 0 aromatic carbocycles. The second-order valence-corrected chi connectivity index (χ2v) is 3.51. The Hall–Kier alpha value is -0.900. The molecule has 2 heterocycles. The monoisotopic (exact) mass is 201 g/mol. The van der Waals surface area contributed by atoms with Crippen molar-refractivity contribution in [3.05, 3.63) is 17.5 Å². The van der Waals surface area contributed by atoms with E-state index in [2.05, 4.69) is 9.97 Å². The Morgan fingerprint density at radius 3 is 2.92 bits per heavy atom. The van der Waals surface area contributed by atoms with E-state index >= 15 is 0 Å². The molecule has 0 spiro atoms. The van der Waals surface area contributed by atoms with Crippen molar-refractivity contribution in [2.24, 2.45) is 5.92 Å². The van der Waals surface area contributed by atoms with Crippen molar-refractivity contribution in [3.8, 4) is 0 Å². The van der Waals surface area contributed by atoms with Crippen LogP contribution < -0.4 is 4.90 Å². The van der Waals surface area contributed by atoms with Gasteiger partial charge in [-0.3, -0.25) is 4.39 Å². The van der Waals surface area contributed by atoms with Crippen molar-refractivity contribution in [2.45, 2.75) is 0 Å². The summed E-state index contributed by atoms with van der Waals surface area (Å²) in [7, 11) is 0. The van der Waals surface area contributed by atoms with Crippen molar-refractivity contribution < 1.29 is 4.39 Å². The van der Waals surface area contributed by atoms with Crippen molar-refractivity contribution in [1.29, 1.82) is 0 Å². The van der Waals surface area contributed by atoms with E-state index in [1.165, 1.54) is 6.33 Å². The van der Waals surface area contributed by atoms with Crippen molar-refractivity contribution in [3.63, 3.8) is 0 Å². The van der Waals surface area contributed by atoms with Crippen LogP contribution in [0.1, 0.15) is 0 Å². The highest BCUT2D eigenvalue weighted by molar-refractivity contribution is 6.29. The molecular formula is C8H9ClFN3. The SMILES string of the molecule is FCC1CN(c2cc(Cl)ncn2)C1. The third-order valence-electron chi connectivity index (χ3n) is 2.12. The first-order valence-corrected chi connectivity index (χ1v) is 4.46. The predicted molar refractivity (Wildman–Crippen MR) is 48.7 cm³/mol. The molecule has 13 heavy (non-hydrogen) atoms. The van der Waals surface area contributed by atoms with Gasteiger partial charge in [0.05, 0.1) is 6.67 Å². The number of rotatable bonds is 2. The van der Waals surface area contributed by atoms with Crippen LogP contribution in [0.15, 0.2) is 12.4 Å². The van der Waals surface area contributed by atoms with Gasteiger partial charge in [-0.2, -0.15) is 0 Å². The fourth-order valence-electron chi connectivity index (χ4n) is 1.35. The van der Waals surface area contributed by atoms with E-state index in [0.29, 0.717) is 5.15 Å². The fraction of sp³-hybridized carbons (Fsp3) is 0.500. The maximum absolute atomic E-state index is 12.1. The largest absolute Gasteiger partial charge is 0.356 e.